The molecule has 0 bridgehead atoms. The number of rotatable bonds is 2. The molecule has 2 N–H and O–H groups in total. The van der Waals surface area contributed by atoms with E-state index >= 15 is 0 Å². The number of likely N-dealkylation sites (N-methyl/N-ethyl adjacent to an activating group) is 1. The number of nitrogens with one attached hydrogen (secondary N) is 2. The summed E-state index contributed by atoms with van der Waals surface area (Å²) in [7, 11) is 0. The molecule has 1 unspecified atom stereocenters. The Morgan fingerprint density at radius 1 is 1.14 bits per heavy atom. The summed E-state index contributed by atoms with van der Waals surface area (Å²) in [6.07, 6.45) is 0.572. The summed E-state index contributed by atoms with van der Waals surface area (Å²) in [6.45, 7) is 11.7. The van der Waals surface area contributed by atoms with Crippen molar-refractivity contribution in [2.24, 2.45) is 0 Å². The summed E-state index contributed by atoms with van der Waals surface area (Å²) in [5, 5.41) is 7.01. The molecule has 14 heavy (non-hydrogen) atoms. The fraction of sp³-hybridized carbons (Fsp3) is 1.00. The number of hydrogen-bond donors (Lipinski definition) is 2. The first kappa shape index (κ1) is 10.4. The van der Waals surface area contributed by atoms with Crippen LogP contribution < -0.4 is 10.6 Å². The molecule has 2 rings (SSSR count). The van der Waals surface area contributed by atoms with E-state index in [1.54, 1.807) is 0 Å². The zero-order valence-electron chi connectivity index (χ0n) is 9.13. The first-order valence-corrected chi connectivity index (χ1v) is 5.80. The van der Waals surface area contributed by atoms with Gasteiger partial charge in [0.05, 0.1) is 6.17 Å². The number of hydrogen-bond acceptors (Lipinski definition) is 4. The Balaban J connectivity index is 1.76. The molecule has 0 aliphatic carbocycles. The van der Waals surface area contributed by atoms with E-state index in [0.717, 1.165) is 19.6 Å². The van der Waals surface area contributed by atoms with Gasteiger partial charge in [0.15, 0.2) is 0 Å². The third kappa shape index (κ3) is 2.45. The Kier molecular flexibility index (Phi) is 3.75. The standard InChI is InChI=1S/C10H22N4/c1-2-13-5-7-14(8-6-13)10-9-11-3-4-12-10/h10-12H,2-9H2,1H3. The minimum Gasteiger partial charge on any atom is -0.313 e. The summed E-state index contributed by atoms with van der Waals surface area (Å²) in [4.78, 5) is 5.09. The van der Waals surface area contributed by atoms with Gasteiger partial charge in [0.1, 0.15) is 0 Å². The highest BCUT2D eigenvalue weighted by molar-refractivity contribution is 4.80. The summed E-state index contributed by atoms with van der Waals surface area (Å²) >= 11 is 0. The summed E-state index contributed by atoms with van der Waals surface area (Å²) < 4.78 is 0. The van der Waals surface area contributed by atoms with Crippen molar-refractivity contribution in [1.29, 1.82) is 0 Å². The van der Waals surface area contributed by atoms with Gasteiger partial charge in [0, 0.05) is 45.8 Å². The zero-order valence-corrected chi connectivity index (χ0v) is 9.13. The SMILES string of the molecule is CCN1CCN(C2CNCCN2)CC1. The fourth-order valence-electron chi connectivity index (χ4n) is 2.29. The van der Waals surface area contributed by atoms with Crippen molar-refractivity contribution < 1.29 is 0 Å². The number of piperazine rings is 2. The Hall–Kier alpha value is -0.160. The normalized spacial score (nSPS) is 31.9. The van der Waals surface area contributed by atoms with E-state index in [-0.39, 0.29) is 0 Å². The minimum absolute atomic E-state index is 0.572. The molecule has 2 aliphatic heterocycles. The van der Waals surface area contributed by atoms with Gasteiger partial charge in [-0.25, -0.2) is 0 Å². The van der Waals surface area contributed by atoms with Crippen molar-refractivity contribution in [3.8, 4) is 0 Å². The number of nitrogens with zero attached hydrogens (tertiary/aromatic N) is 2. The topological polar surface area (TPSA) is 30.5 Å². The monoisotopic (exact) mass is 198 g/mol. The van der Waals surface area contributed by atoms with Crippen LogP contribution in [0.2, 0.25) is 0 Å². The van der Waals surface area contributed by atoms with E-state index < -0.39 is 0 Å². The molecule has 2 aliphatic rings. The lowest BCUT2D eigenvalue weighted by Crippen LogP contribution is -2.61. The van der Waals surface area contributed by atoms with Crippen LogP contribution in [-0.2, 0) is 0 Å². The maximum Gasteiger partial charge on any atom is 0.0727 e. The lowest BCUT2D eigenvalue weighted by Gasteiger charge is -2.40. The molecule has 4 heteroatoms. The van der Waals surface area contributed by atoms with E-state index in [1.165, 1.54) is 32.7 Å². The molecule has 0 radical (unpaired) electrons. The van der Waals surface area contributed by atoms with Crippen LogP contribution in [0.25, 0.3) is 0 Å². The van der Waals surface area contributed by atoms with Crippen molar-refractivity contribution in [2.45, 2.75) is 13.1 Å². The Morgan fingerprint density at radius 3 is 2.50 bits per heavy atom. The van der Waals surface area contributed by atoms with Crippen LogP contribution in [0.3, 0.4) is 0 Å². The Labute approximate surface area is 86.6 Å². The molecule has 0 aromatic heterocycles. The predicted molar refractivity (Wildman–Crippen MR) is 58.3 cm³/mol. The first-order valence-electron chi connectivity index (χ1n) is 5.80. The fourth-order valence-corrected chi connectivity index (χ4v) is 2.29. The maximum atomic E-state index is 3.57. The summed E-state index contributed by atoms with van der Waals surface area (Å²) in [5.41, 5.74) is 0. The van der Waals surface area contributed by atoms with Crippen molar-refractivity contribution in [3.05, 3.63) is 0 Å². The molecular formula is C10H22N4. The van der Waals surface area contributed by atoms with Gasteiger partial charge >= 0.3 is 0 Å². The molecule has 1 atom stereocenters. The Morgan fingerprint density at radius 2 is 1.93 bits per heavy atom. The van der Waals surface area contributed by atoms with Gasteiger partial charge in [-0.2, -0.15) is 0 Å². The highest BCUT2D eigenvalue weighted by Crippen LogP contribution is 2.05. The zero-order chi connectivity index (χ0) is 9.80. The second-order valence-corrected chi connectivity index (χ2v) is 4.14. The highest BCUT2D eigenvalue weighted by Gasteiger charge is 2.23. The van der Waals surface area contributed by atoms with E-state index in [9.17, 15) is 0 Å². The largest absolute Gasteiger partial charge is 0.313 e. The molecule has 0 amide bonds. The maximum absolute atomic E-state index is 3.57. The summed E-state index contributed by atoms with van der Waals surface area (Å²) in [6, 6.07) is 0. The second kappa shape index (κ2) is 5.07. The molecule has 4 nitrogen and oxygen atoms in total. The Bertz CT molecular complexity index is 160. The van der Waals surface area contributed by atoms with Crippen LogP contribution in [0, 0.1) is 0 Å². The lowest BCUT2D eigenvalue weighted by atomic mass is 10.2. The van der Waals surface area contributed by atoms with Crippen LogP contribution in [0.4, 0.5) is 0 Å². The van der Waals surface area contributed by atoms with Crippen LogP contribution >= 0.6 is 0 Å². The van der Waals surface area contributed by atoms with Crippen LogP contribution in [0.5, 0.6) is 0 Å². The van der Waals surface area contributed by atoms with Gasteiger partial charge in [-0.15, -0.1) is 0 Å². The van der Waals surface area contributed by atoms with Gasteiger partial charge in [0.2, 0.25) is 0 Å². The van der Waals surface area contributed by atoms with Gasteiger partial charge in [0.25, 0.3) is 0 Å². The third-order valence-electron chi connectivity index (χ3n) is 3.31. The van der Waals surface area contributed by atoms with Crippen molar-refractivity contribution in [3.63, 3.8) is 0 Å². The molecule has 2 saturated heterocycles. The molecule has 2 fully saturated rings. The molecule has 0 saturated carbocycles. The summed E-state index contributed by atoms with van der Waals surface area (Å²) in [5.74, 6) is 0. The van der Waals surface area contributed by atoms with E-state index in [2.05, 4.69) is 27.4 Å². The van der Waals surface area contributed by atoms with Gasteiger partial charge in [-0.3, -0.25) is 10.2 Å². The van der Waals surface area contributed by atoms with Crippen molar-refractivity contribution >= 4 is 0 Å². The van der Waals surface area contributed by atoms with Crippen LogP contribution in [-0.4, -0.2) is 68.3 Å². The molecule has 82 valence electrons. The van der Waals surface area contributed by atoms with E-state index in [0.29, 0.717) is 6.17 Å². The van der Waals surface area contributed by atoms with Crippen molar-refractivity contribution in [2.75, 3.05) is 52.4 Å². The van der Waals surface area contributed by atoms with Crippen LogP contribution in [0.15, 0.2) is 0 Å². The minimum atomic E-state index is 0.572. The highest BCUT2D eigenvalue weighted by atomic mass is 15.3. The van der Waals surface area contributed by atoms with Gasteiger partial charge in [-0.05, 0) is 6.54 Å². The molecule has 2 heterocycles. The predicted octanol–water partition coefficient (Wildman–Crippen LogP) is -0.857. The molecule has 0 spiro atoms. The van der Waals surface area contributed by atoms with Gasteiger partial charge < -0.3 is 10.2 Å². The van der Waals surface area contributed by atoms with Crippen LogP contribution in [0.1, 0.15) is 6.92 Å². The average molecular weight is 198 g/mol. The quantitative estimate of drug-likeness (QED) is 0.605. The van der Waals surface area contributed by atoms with Crippen molar-refractivity contribution in [1.82, 2.24) is 20.4 Å². The van der Waals surface area contributed by atoms with E-state index in [4.69, 9.17) is 0 Å². The molecular weight excluding hydrogens is 176 g/mol. The molecule has 0 aromatic carbocycles. The lowest BCUT2D eigenvalue weighted by molar-refractivity contribution is 0.0768. The van der Waals surface area contributed by atoms with Gasteiger partial charge in [-0.1, -0.05) is 6.92 Å². The first-order chi connectivity index (χ1) is 6.90. The average Bonchev–Trinajstić information content (AvgIpc) is 2.30. The molecule has 0 aromatic rings. The van der Waals surface area contributed by atoms with E-state index in [1.807, 2.05) is 0 Å². The second-order valence-electron chi connectivity index (χ2n) is 4.14. The third-order valence-corrected chi connectivity index (χ3v) is 3.31. The smallest absolute Gasteiger partial charge is 0.0727 e.